The van der Waals surface area contributed by atoms with E-state index in [2.05, 4.69) is 25.9 Å². The zero-order valence-corrected chi connectivity index (χ0v) is 18.4. The number of carbonyl (C=O) groups excluding carboxylic acids is 1. The van der Waals surface area contributed by atoms with Crippen LogP contribution in [0.15, 0.2) is 47.6 Å². The first-order valence-electron chi connectivity index (χ1n) is 10.1. The third-order valence-corrected chi connectivity index (χ3v) is 3.68. The summed E-state index contributed by atoms with van der Waals surface area (Å²) in [5, 5.41) is 9.00. The lowest BCUT2D eigenvalue weighted by Gasteiger charge is -2.19. The third-order valence-electron chi connectivity index (χ3n) is 3.68. The standard InChI is InChI=1S/C22H30FN5O3/c1-5-24-20(26-12-13-27-21(29)31-22(2,3)4)28-15-16-10-11-25-19(14-16)30-18-8-6-17(23)7-9-18/h6-11,14H,5,12-13,15H2,1-4H3,(H,27,29)(H2,24,26,28). The lowest BCUT2D eigenvalue weighted by molar-refractivity contribution is 0.0529. The maximum Gasteiger partial charge on any atom is 0.407 e. The Bertz CT molecular complexity index is 866. The van der Waals surface area contributed by atoms with Crippen LogP contribution < -0.4 is 20.7 Å². The smallest absolute Gasteiger partial charge is 0.407 e. The molecule has 0 aliphatic carbocycles. The second-order valence-electron chi connectivity index (χ2n) is 7.61. The van der Waals surface area contributed by atoms with E-state index in [0.29, 0.717) is 43.8 Å². The number of hydrogen-bond donors (Lipinski definition) is 3. The van der Waals surface area contributed by atoms with E-state index in [1.165, 1.54) is 12.1 Å². The van der Waals surface area contributed by atoms with E-state index < -0.39 is 11.7 Å². The lowest BCUT2D eigenvalue weighted by Crippen LogP contribution is -2.42. The highest BCUT2D eigenvalue weighted by Gasteiger charge is 2.15. The van der Waals surface area contributed by atoms with Crippen molar-refractivity contribution in [3.05, 3.63) is 54.0 Å². The van der Waals surface area contributed by atoms with E-state index in [1.807, 2.05) is 33.8 Å². The highest BCUT2D eigenvalue weighted by molar-refractivity contribution is 5.79. The summed E-state index contributed by atoms with van der Waals surface area (Å²) in [5.74, 6) is 1.19. The molecule has 0 saturated heterocycles. The molecule has 8 nitrogen and oxygen atoms in total. The summed E-state index contributed by atoms with van der Waals surface area (Å²) >= 11 is 0. The van der Waals surface area contributed by atoms with Gasteiger partial charge in [-0.1, -0.05) is 0 Å². The minimum absolute atomic E-state index is 0.326. The predicted molar refractivity (Wildman–Crippen MR) is 118 cm³/mol. The van der Waals surface area contributed by atoms with E-state index in [4.69, 9.17) is 9.47 Å². The van der Waals surface area contributed by atoms with Gasteiger partial charge in [0, 0.05) is 31.9 Å². The third kappa shape index (κ3) is 9.79. The van der Waals surface area contributed by atoms with Crippen LogP contribution in [0.3, 0.4) is 0 Å². The lowest BCUT2D eigenvalue weighted by atomic mass is 10.2. The van der Waals surface area contributed by atoms with Gasteiger partial charge in [0.2, 0.25) is 5.88 Å². The number of carbonyl (C=O) groups is 1. The van der Waals surface area contributed by atoms with Crippen molar-refractivity contribution >= 4 is 12.1 Å². The van der Waals surface area contributed by atoms with Crippen LogP contribution in [0.5, 0.6) is 11.6 Å². The van der Waals surface area contributed by atoms with Gasteiger partial charge in [-0.25, -0.2) is 19.2 Å². The Hall–Kier alpha value is -3.36. The van der Waals surface area contributed by atoms with Crippen molar-refractivity contribution in [1.82, 2.24) is 20.9 Å². The van der Waals surface area contributed by atoms with Gasteiger partial charge in [-0.2, -0.15) is 0 Å². The number of benzene rings is 1. The number of rotatable bonds is 8. The molecule has 0 aliphatic heterocycles. The summed E-state index contributed by atoms with van der Waals surface area (Å²) < 4.78 is 23.9. The average molecular weight is 432 g/mol. The largest absolute Gasteiger partial charge is 0.444 e. The second kappa shape index (κ2) is 11.7. The Kier molecular flexibility index (Phi) is 9.05. The molecule has 2 aromatic rings. The molecule has 0 unspecified atom stereocenters. The van der Waals surface area contributed by atoms with Crippen molar-refractivity contribution in [3.8, 4) is 11.6 Å². The van der Waals surface area contributed by atoms with Crippen molar-refractivity contribution in [2.75, 3.05) is 19.6 Å². The molecule has 0 spiro atoms. The minimum atomic E-state index is -0.530. The predicted octanol–water partition coefficient (Wildman–Crippen LogP) is 3.59. The number of amides is 1. The fourth-order valence-electron chi connectivity index (χ4n) is 2.40. The van der Waals surface area contributed by atoms with E-state index in [0.717, 1.165) is 5.56 Å². The molecule has 0 saturated carbocycles. The maximum absolute atomic E-state index is 13.0. The van der Waals surface area contributed by atoms with Gasteiger partial charge in [-0.15, -0.1) is 0 Å². The number of nitrogens with zero attached hydrogens (tertiary/aromatic N) is 2. The van der Waals surface area contributed by atoms with E-state index in [1.54, 1.807) is 24.4 Å². The van der Waals surface area contributed by atoms with Gasteiger partial charge in [-0.05, 0) is 63.6 Å². The van der Waals surface area contributed by atoms with Crippen LogP contribution in [0.4, 0.5) is 9.18 Å². The number of aromatic nitrogens is 1. The molecule has 0 fully saturated rings. The number of guanidine groups is 1. The van der Waals surface area contributed by atoms with Crippen LogP contribution in [0.1, 0.15) is 33.3 Å². The number of nitrogens with one attached hydrogen (secondary N) is 3. The van der Waals surface area contributed by atoms with Gasteiger partial charge >= 0.3 is 6.09 Å². The van der Waals surface area contributed by atoms with Crippen molar-refractivity contribution in [3.63, 3.8) is 0 Å². The zero-order valence-electron chi connectivity index (χ0n) is 18.4. The molecule has 0 bridgehead atoms. The second-order valence-corrected chi connectivity index (χ2v) is 7.61. The van der Waals surface area contributed by atoms with Gasteiger partial charge in [0.1, 0.15) is 17.2 Å². The zero-order chi connectivity index (χ0) is 22.7. The maximum atomic E-state index is 13.0. The van der Waals surface area contributed by atoms with Gasteiger partial charge in [0.05, 0.1) is 6.54 Å². The first kappa shape index (κ1) is 23.9. The van der Waals surface area contributed by atoms with Crippen LogP contribution in [-0.2, 0) is 11.3 Å². The molecular formula is C22H30FN5O3. The van der Waals surface area contributed by atoms with Crippen molar-refractivity contribution in [2.45, 2.75) is 39.8 Å². The fraction of sp³-hybridized carbons (Fsp3) is 0.409. The Morgan fingerprint density at radius 3 is 2.48 bits per heavy atom. The first-order chi connectivity index (χ1) is 14.7. The molecule has 1 heterocycles. The van der Waals surface area contributed by atoms with Gasteiger partial charge in [0.15, 0.2) is 5.96 Å². The summed E-state index contributed by atoms with van der Waals surface area (Å²) in [5.41, 5.74) is 0.369. The normalized spacial score (nSPS) is 11.6. The first-order valence-corrected chi connectivity index (χ1v) is 10.1. The van der Waals surface area contributed by atoms with Gasteiger partial charge in [0.25, 0.3) is 0 Å². The molecule has 31 heavy (non-hydrogen) atoms. The quantitative estimate of drug-likeness (QED) is 0.336. The van der Waals surface area contributed by atoms with Gasteiger partial charge in [-0.3, -0.25) is 0 Å². The molecule has 1 aromatic heterocycles. The number of alkyl carbamates (subject to hydrolysis) is 1. The molecule has 0 aliphatic rings. The summed E-state index contributed by atoms with van der Waals surface area (Å²) in [6.07, 6.45) is 1.18. The Morgan fingerprint density at radius 2 is 1.81 bits per heavy atom. The van der Waals surface area contributed by atoms with Crippen molar-refractivity contribution in [1.29, 1.82) is 0 Å². The van der Waals surface area contributed by atoms with Crippen LogP contribution in [0.2, 0.25) is 0 Å². The molecule has 1 aromatic carbocycles. The van der Waals surface area contributed by atoms with Crippen molar-refractivity contribution < 1.29 is 18.7 Å². The van der Waals surface area contributed by atoms with E-state index in [-0.39, 0.29) is 5.82 Å². The molecule has 1 amide bonds. The summed E-state index contributed by atoms with van der Waals surface area (Å²) in [7, 11) is 0. The number of aliphatic imine (C=N–C) groups is 1. The monoisotopic (exact) mass is 431 g/mol. The molecule has 0 radical (unpaired) electrons. The number of ether oxygens (including phenoxy) is 2. The van der Waals surface area contributed by atoms with Gasteiger partial charge < -0.3 is 25.4 Å². The minimum Gasteiger partial charge on any atom is -0.444 e. The number of pyridine rings is 1. The van der Waals surface area contributed by atoms with E-state index in [9.17, 15) is 9.18 Å². The summed E-state index contributed by atoms with van der Waals surface area (Å²) in [4.78, 5) is 20.4. The Labute approximate surface area is 182 Å². The van der Waals surface area contributed by atoms with Crippen molar-refractivity contribution in [2.24, 2.45) is 4.99 Å². The van der Waals surface area contributed by atoms with Crippen LogP contribution in [0.25, 0.3) is 0 Å². The highest BCUT2D eigenvalue weighted by atomic mass is 19.1. The molecule has 168 valence electrons. The number of hydrogen-bond acceptors (Lipinski definition) is 5. The molecule has 3 N–H and O–H groups in total. The Balaban J connectivity index is 1.86. The molecule has 2 rings (SSSR count). The average Bonchev–Trinajstić information content (AvgIpc) is 2.70. The van der Waals surface area contributed by atoms with Crippen LogP contribution in [-0.4, -0.2) is 42.3 Å². The molecule has 0 atom stereocenters. The summed E-state index contributed by atoms with van der Waals surface area (Å²) in [6, 6.07) is 9.36. The topological polar surface area (TPSA) is 96.9 Å². The fourth-order valence-corrected chi connectivity index (χ4v) is 2.40. The van der Waals surface area contributed by atoms with E-state index >= 15 is 0 Å². The molecule has 9 heteroatoms. The highest BCUT2D eigenvalue weighted by Crippen LogP contribution is 2.20. The van der Waals surface area contributed by atoms with Crippen LogP contribution >= 0.6 is 0 Å². The van der Waals surface area contributed by atoms with Crippen LogP contribution in [0, 0.1) is 5.82 Å². The molecular weight excluding hydrogens is 401 g/mol. The number of halogens is 1. The summed E-state index contributed by atoms with van der Waals surface area (Å²) in [6.45, 7) is 9.39. The Morgan fingerprint density at radius 1 is 1.10 bits per heavy atom. The SMILES string of the molecule is CCNC(=NCc1ccnc(Oc2ccc(F)cc2)c1)NCCNC(=O)OC(C)(C)C.